The van der Waals surface area contributed by atoms with Crippen molar-refractivity contribution < 1.29 is 13.2 Å². The predicted molar refractivity (Wildman–Crippen MR) is 119 cm³/mol. The van der Waals surface area contributed by atoms with E-state index in [1.54, 1.807) is 12.1 Å². The molecule has 1 aliphatic heterocycles. The quantitative estimate of drug-likeness (QED) is 0.700. The zero-order chi connectivity index (χ0) is 21.6. The van der Waals surface area contributed by atoms with E-state index in [0.717, 1.165) is 12.0 Å². The zero-order valence-electron chi connectivity index (χ0n) is 17.8. The number of hydrogen-bond acceptors (Lipinski definition) is 4. The second-order valence-electron chi connectivity index (χ2n) is 7.81. The summed E-state index contributed by atoms with van der Waals surface area (Å²) in [5.41, 5.74) is 2.26. The number of rotatable bonds is 8. The number of nitrogens with one attached hydrogen (secondary N) is 1. The Labute approximate surface area is 179 Å². The number of carbonyl (C=O) groups excluding carboxylic acids is 1. The van der Waals surface area contributed by atoms with Gasteiger partial charge in [0.25, 0.3) is 0 Å². The second-order valence-corrected chi connectivity index (χ2v) is 9.75. The van der Waals surface area contributed by atoms with Crippen molar-refractivity contribution in [1.82, 2.24) is 14.5 Å². The summed E-state index contributed by atoms with van der Waals surface area (Å²) in [7, 11) is -3.48. The Kier molecular flexibility index (Phi) is 7.64. The van der Waals surface area contributed by atoms with E-state index in [0.29, 0.717) is 50.1 Å². The normalized spacial score (nSPS) is 16.9. The van der Waals surface area contributed by atoms with E-state index in [4.69, 9.17) is 0 Å². The van der Waals surface area contributed by atoms with Crippen LogP contribution in [0.5, 0.6) is 0 Å². The van der Waals surface area contributed by atoms with E-state index in [9.17, 15) is 13.2 Å². The molecule has 0 saturated carbocycles. The van der Waals surface area contributed by atoms with Crippen molar-refractivity contribution in [2.45, 2.75) is 31.1 Å². The third-order valence-electron chi connectivity index (χ3n) is 5.67. The molecule has 2 aromatic carbocycles. The molecule has 0 bridgehead atoms. The first-order valence-corrected chi connectivity index (χ1v) is 11.9. The van der Waals surface area contributed by atoms with Crippen molar-refractivity contribution in [2.24, 2.45) is 0 Å². The molecule has 7 heteroatoms. The largest absolute Gasteiger partial charge is 0.354 e. The van der Waals surface area contributed by atoms with Crippen molar-refractivity contribution in [3.63, 3.8) is 0 Å². The van der Waals surface area contributed by atoms with Crippen LogP contribution in [0.25, 0.3) is 0 Å². The van der Waals surface area contributed by atoms with Crippen LogP contribution in [0.4, 0.5) is 0 Å². The van der Waals surface area contributed by atoms with Crippen molar-refractivity contribution in [1.29, 1.82) is 0 Å². The maximum atomic E-state index is 12.8. The lowest BCUT2D eigenvalue weighted by atomic mass is 9.96. The first kappa shape index (κ1) is 22.5. The molecule has 1 fully saturated rings. The molecule has 1 aliphatic rings. The topological polar surface area (TPSA) is 69.7 Å². The van der Waals surface area contributed by atoms with E-state index in [1.807, 2.05) is 42.2 Å². The third-order valence-corrected chi connectivity index (χ3v) is 7.58. The molecule has 0 spiro atoms. The molecule has 30 heavy (non-hydrogen) atoms. The van der Waals surface area contributed by atoms with Crippen LogP contribution in [0, 0.1) is 6.92 Å². The maximum absolute atomic E-state index is 12.8. The molecule has 0 aromatic heterocycles. The number of amides is 1. The van der Waals surface area contributed by atoms with Crippen LogP contribution < -0.4 is 5.32 Å². The summed E-state index contributed by atoms with van der Waals surface area (Å²) >= 11 is 0. The Balaban J connectivity index is 1.47. The first-order chi connectivity index (χ1) is 14.4. The highest BCUT2D eigenvalue weighted by atomic mass is 32.2. The van der Waals surface area contributed by atoms with Crippen molar-refractivity contribution >= 4 is 15.9 Å². The fraction of sp³-hybridized carbons (Fsp3) is 0.435. The van der Waals surface area contributed by atoms with Gasteiger partial charge in [-0.3, -0.25) is 9.69 Å². The fourth-order valence-corrected chi connectivity index (χ4v) is 5.13. The van der Waals surface area contributed by atoms with Gasteiger partial charge >= 0.3 is 0 Å². The molecule has 1 atom stereocenters. The lowest BCUT2D eigenvalue weighted by Crippen LogP contribution is -2.51. The van der Waals surface area contributed by atoms with Gasteiger partial charge in [-0.2, -0.15) is 4.31 Å². The van der Waals surface area contributed by atoms with Gasteiger partial charge in [0.1, 0.15) is 0 Å². The lowest BCUT2D eigenvalue weighted by Gasteiger charge is -2.33. The Morgan fingerprint density at radius 1 is 1.00 bits per heavy atom. The van der Waals surface area contributed by atoms with E-state index in [-0.39, 0.29) is 5.91 Å². The highest BCUT2D eigenvalue weighted by Crippen LogP contribution is 2.19. The van der Waals surface area contributed by atoms with Crippen molar-refractivity contribution in [3.05, 3.63) is 65.7 Å². The Bertz CT molecular complexity index is 922. The molecule has 1 saturated heterocycles. The van der Waals surface area contributed by atoms with Gasteiger partial charge in [0.2, 0.25) is 15.9 Å². The molecule has 0 radical (unpaired) electrons. The molecule has 3 rings (SSSR count). The van der Waals surface area contributed by atoms with Crippen molar-refractivity contribution in [3.8, 4) is 0 Å². The van der Waals surface area contributed by atoms with E-state index in [1.165, 1.54) is 9.87 Å². The Hall–Kier alpha value is -2.22. The predicted octanol–water partition coefficient (Wildman–Crippen LogP) is 2.61. The van der Waals surface area contributed by atoms with Gasteiger partial charge < -0.3 is 5.32 Å². The summed E-state index contributed by atoms with van der Waals surface area (Å²) in [6.45, 7) is 6.85. The summed E-state index contributed by atoms with van der Waals surface area (Å²) in [6.07, 6.45) is 0.958. The third kappa shape index (κ3) is 5.68. The monoisotopic (exact) mass is 429 g/mol. The SMILES string of the molecule is CCC(CNC(=O)CN1CCN(S(=O)(=O)c2ccc(C)cc2)CC1)c1ccccc1. The zero-order valence-corrected chi connectivity index (χ0v) is 18.6. The van der Waals surface area contributed by atoms with E-state index >= 15 is 0 Å². The average Bonchev–Trinajstić information content (AvgIpc) is 2.75. The molecular weight excluding hydrogens is 398 g/mol. The van der Waals surface area contributed by atoms with Crippen molar-refractivity contribution in [2.75, 3.05) is 39.3 Å². The van der Waals surface area contributed by atoms with E-state index in [2.05, 4.69) is 24.4 Å². The van der Waals surface area contributed by atoms with Gasteiger partial charge in [-0.05, 0) is 31.0 Å². The smallest absolute Gasteiger partial charge is 0.243 e. The van der Waals surface area contributed by atoms with Crippen LogP contribution >= 0.6 is 0 Å². The minimum Gasteiger partial charge on any atom is -0.354 e. The number of hydrogen-bond donors (Lipinski definition) is 1. The highest BCUT2D eigenvalue weighted by molar-refractivity contribution is 7.89. The van der Waals surface area contributed by atoms with E-state index < -0.39 is 10.0 Å². The van der Waals surface area contributed by atoms with Gasteiger partial charge in [-0.25, -0.2) is 8.42 Å². The van der Waals surface area contributed by atoms with Crippen LogP contribution in [0.2, 0.25) is 0 Å². The Morgan fingerprint density at radius 2 is 1.63 bits per heavy atom. The number of aryl methyl sites for hydroxylation is 1. The molecule has 162 valence electrons. The standard InChI is InChI=1S/C23H31N3O3S/c1-3-20(21-7-5-4-6-8-21)17-24-23(27)18-25-13-15-26(16-14-25)30(28,29)22-11-9-19(2)10-12-22/h4-12,20H,3,13-18H2,1-2H3,(H,24,27). The molecule has 2 aromatic rings. The van der Waals surface area contributed by atoms with Crippen LogP contribution in [-0.4, -0.2) is 62.8 Å². The lowest BCUT2D eigenvalue weighted by molar-refractivity contribution is -0.122. The van der Waals surface area contributed by atoms with Gasteiger partial charge in [0.05, 0.1) is 11.4 Å². The van der Waals surface area contributed by atoms with Crippen LogP contribution in [0.3, 0.4) is 0 Å². The minimum atomic E-state index is -3.48. The van der Waals surface area contributed by atoms with Crippen LogP contribution in [0.1, 0.15) is 30.4 Å². The number of sulfonamides is 1. The minimum absolute atomic E-state index is 0.0146. The first-order valence-electron chi connectivity index (χ1n) is 10.5. The highest BCUT2D eigenvalue weighted by Gasteiger charge is 2.29. The molecule has 1 amide bonds. The van der Waals surface area contributed by atoms with Gasteiger partial charge in [0, 0.05) is 38.6 Å². The summed E-state index contributed by atoms with van der Waals surface area (Å²) in [4.78, 5) is 14.7. The number of nitrogens with zero attached hydrogens (tertiary/aromatic N) is 2. The number of piperazine rings is 1. The summed E-state index contributed by atoms with van der Waals surface area (Å²) in [5.74, 6) is 0.283. The number of benzene rings is 2. The second kappa shape index (κ2) is 10.2. The van der Waals surface area contributed by atoms with Crippen LogP contribution in [0.15, 0.2) is 59.5 Å². The molecule has 0 aliphatic carbocycles. The summed E-state index contributed by atoms with van der Waals surface area (Å²) in [5, 5.41) is 3.04. The molecule has 1 heterocycles. The molecule has 1 N–H and O–H groups in total. The van der Waals surface area contributed by atoms with Gasteiger partial charge in [0.15, 0.2) is 0 Å². The summed E-state index contributed by atoms with van der Waals surface area (Å²) < 4.78 is 27.1. The van der Waals surface area contributed by atoms with Gasteiger partial charge in [-0.1, -0.05) is 55.0 Å². The Morgan fingerprint density at radius 3 is 2.23 bits per heavy atom. The maximum Gasteiger partial charge on any atom is 0.243 e. The average molecular weight is 430 g/mol. The molecule has 1 unspecified atom stereocenters. The molecule has 6 nitrogen and oxygen atoms in total. The van der Waals surface area contributed by atoms with Crippen LogP contribution in [-0.2, 0) is 14.8 Å². The summed E-state index contributed by atoms with van der Waals surface area (Å²) in [6, 6.07) is 17.1. The molecular formula is C23H31N3O3S. The van der Waals surface area contributed by atoms with Gasteiger partial charge in [-0.15, -0.1) is 0 Å². The fourth-order valence-electron chi connectivity index (χ4n) is 3.71. The number of carbonyl (C=O) groups is 1.